The molecule has 0 radical (unpaired) electrons. The van der Waals surface area contributed by atoms with Gasteiger partial charge in [0.1, 0.15) is 0 Å². The second-order valence-corrected chi connectivity index (χ2v) is 5.43. The average Bonchev–Trinajstić information content (AvgIpc) is 3.28. The van der Waals surface area contributed by atoms with Crippen LogP contribution in [0.2, 0.25) is 5.02 Å². The van der Waals surface area contributed by atoms with Gasteiger partial charge in [0, 0.05) is 24.0 Å². The Morgan fingerprint density at radius 3 is 2.83 bits per heavy atom. The van der Waals surface area contributed by atoms with Crippen molar-refractivity contribution < 1.29 is 14.1 Å². The molecular weight excluding hydrogens is 332 g/mol. The predicted octanol–water partition coefficient (Wildman–Crippen LogP) is 2.55. The molecule has 0 aliphatic rings. The third-order valence-corrected chi connectivity index (χ3v) is 3.73. The van der Waals surface area contributed by atoms with Crippen LogP contribution >= 0.6 is 11.6 Å². The van der Waals surface area contributed by atoms with Crippen molar-refractivity contribution in [2.24, 2.45) is 0 Å². The van der Waals surface area contributed by atoms with E-state index < -0.39 is 0 Å². The first-order chi connectivity index (χ1) is 11.7. The van der Waals surface area contributed by atoms with Crippen LogP contribution in [-0.2, 0) is 0 Å². The van der Waals surface area contributed by atoms with Crippen molar-refractivity contribution in [3.05, 3.63) is 65.1 Å². The Labute approximate surface area is 143 Å². The Bertz CT molecular complexity index is 799. The topological polar surface area (TPSA) is 82.2 Å². The van der Waals surface area contributed by atoms with Gasteiger partial charge in [-0.2, -0.15) is 5.10 Å². The van der Waals surface area contributed by atoms with Crippen LogP contribution in [0.3, 0.4) is 0 Å². The SMILES string of the molecule is COc1cc(C(=O)NC[C@@H](c2ccc(Cl)cc2)n2cccn2)on1. The van der Waals surface area contributed by atoms with Crippen LogP contribution in [-0.4, -0.2) is 34.5 Å². The molecule has 0 aliphatic carbocycles. The highest BCUT2D eigenvalue weighted by Crippen LogP contribution is 2.20. The van der Waals surface area contributed by atoms with Gasteiger partial charge in [-0.1, -0.05) is 23.7 Å². The minimum atomic E-state index is -0.378. The molecule has 0 fully saturated rings. The number of hydrogen-bond acceptors (Lipinski definition) is 5. The van der Waals surface area contributed by atoms with Crippen molar-refractivity contribution in [2.45, 2.75) is 6.04 Å². The standard InChI is InChI=1S/C16H15ClN4O3/c1-23-15-9-14(24-20-15)16(22)18-10-13(21-8-2-7-19-21)11-3-5-12(17)6-4-11/h2-9,13H,10H2,1H3,(H,18,22)/t13-/m0/s1. The largest absolute Gasteiger partial charge is 0.479 e. The Kier molecular flexibility index (Phi) is 4.81. The summed E-state index contributed by atoms with van der Waals surface area (Å²) in [6.07, 6.45) is 3.52. The summed E-state index contributed by atoms with van der Waals surface area (Å²) < 4.78 is 11.6. The maximum atomic E-state index is 12.2. The Morgan fingerprint density at radius 1 is 1.42 bits per heavy atom. The third kappa shape index (κ3) is 3.57. The lowest BCUT2D eigenvalue weighted by Crippen LogP contribution is -2.31. The second-order valence-electron chi connectivity index (χ2n) is 5.00. The van der Waals surface area contributed by atoms with E-state index in [1.165, 1.54) is 13.2 Å². The summed E-state index contributed by atoms with van der Waals surface area (Å²) in [5.74, 6) is -0.0411. The quantitative estimate of drug-likeness (QED) is 0.741. The molecule has 0 bridgehead atoms. The fourth-order valence-electron chi connectivity index (χ4n) is 2.25. The van der Waals surface area contributed by atoms with Crippen LogP contribution in [0, 0.1) is 0 Å². The molecule has 7 nitrogen and oxygen atoms in total. The fraction of sp³-hybridized carbons (Fsp3) is 0.188. The van der Waals surface area contributed by atoms with Gasteiger partial charge in [-0.15, -0.1) is 0 Å². The lowest BCUT2D eigenvalue weighted by molar-refractivity contribution is 0.0912. The number of carbonyl (C=O) groups is 1. The first-order valence-corrected chi connectivity index (χ1v) is 7.58. The van der Waals surface area contributed by atoms with Gasteiger partial charge in [0.05, 0.1) is 19.2 Å². The van der Waals surface area contributed by atoms with Crippen LogP contribution in [0.1, 0.15) is 22.2 Å². The van der Waals surface area contributed by atoms with Gasteiger partial charge in [-0.05, 0) is 28.9 Å². The number of ether oxygens (including phenoxy) is 1. The van der Waals surface area contributed by atoms with E-state index in [1.807, 2.05) is 24.4 Å². The highest BCUT2D eigenvalue weighted by Gasteiger charge is 2.18. The maximum Gasteiger partial charge on any atom is 0.290 e. The highest BCUT2D eigenvalue weighted by atomic mass is 35.5. The van der Waals surface area contributed by atoms with Gasteiger partial charge in [-0.25, -0.2) is 0 Å². The van der Waals surface area contributed by atoms with E-state index in [0.717, 1.165) is 5.56 Å². The molecule has 3 aromatic rings. The second kappa shape index (κ2) is 7.18. The van der Waals surface area contributed by atoms with Crippen LogP contribution in [0.5, 0.6) is 5.88 Å². The molecule has 0 saturated heterocycles. The number of carbonyl (C=O) groups excluding carboxylic acids is 1. The van der Waals surface area contributed by atoms with Gasteiger partial charge >= 0.3 is 0 Å². The van der Waals surface area contributed by atoms with E-state index in [1.54, 1.807) is 23.0 Å². The highest BCUT2D eigenvalue weighted by molar-refractivity contribution is 6.30. The molecule has 124 valence electrons. The molecule has 1 amide bonds. The number of hydrogen-bond donors (Lipinski definition) is 1. The number of aromatic nitrogens is 3. The van der Waals surface area contributed by atoms with Crippen molar-refractivity contribution in [3.8, 4) is 5.88 Å². The zero-order valence-corrected chi connectivity index (χ0v) is 13.6. The summed E-state index contributed by atoms with van der Waals surface area (Å²) >= 11 is 5.94. The number of amides is 1. The average molecular weight is 347 g/mol. The van der Waals surface area contributed by atoms with Gasteiger partial charge in [0.25, 0.3) is 11.8 Å². The zero-order valence-electron chi connectivity index (χ0n) is 12.8. The zero-order chi connectivity index (χ0) is 16.9. The van der Waals surface area contributed by atoms with Gasteiger partial charge < -0.3 is 14.6 Å². The number of rotatable bonds is 6. The van der Waals surface area contributed by atoms with Crippen molar-refractivity contribution in [1.82, 2.24) is 20.3 Å². The predicted molar refractivity (Wildman–Crippen MR) is 87.2 cm³/mol. The molecule has 1 N–H and O–H groups in total. The summed E-state index contributed by atoms with van der Waals surface area (Å²) in [7, 11) is 1.45. The van der Waals surface area contributed by atoms with Crippen LogP contribution in [0.25, 0.3) is 0 Å². The summed E-state index contributed by atoms with van der Waals surface area (Å²) in [5, 5.41) is 11.3. The molecule has 2 aromatic heterocycles. The number of nitrogens with zero attached hydrogens (tertiary/aromatic N) is 3. The summed E-state index contributed by atoms with van der Waals surface area (Å²) in [5.41, 5.74) is 0.971. The van der Waals surface area contributed by atoms with Crippen LogP contribution < -0.4 is 10.1 Å². The summed E-state index contributed by atoms with van der Waals surface area (Å²) in [6, 6.07) is 10.5. The molecule has 24 heavy (non-hydrogen) atoms. The molecule has 0 saturated carbocycles. The van der Waals surface area contributed by atoms with E-state index in [0.29, 0.717) is 11.6 Å². The monoisotopic (exact) mass is 346 g/mol. The smallest absolute Gasteiger partial charge is 0.290 e. The Hall–Kier alpha value is -2.80. The first-order valence-electron chi connectivity index (χ1n) is 7.21. The third-order valence-electron chi connectivity index (χ3n) is 3.48. The molecule has 1 aromatic carbocycles. The summed E-state index contributed by atoms with van der Waals surface area (Å²) in [6.45, 7) is 0.325. The number of benzene rings is 1. The van der Waals surface area contributed by atoms with Gasteiger partial charge in [-0.3, -0.25) is 9.48 Å². The number of nitrogens with one attached hydrogen (secondary N) is 1. The number of halogens is 1. The van der Waals surface area contributed by atoms with E-state index in [9.17, 15) is 4.79 Å². The maximum absolute atomic E-state index is 12.2. The molecule has 0 spiro atoms. The lowest BCUT2D eigenvalue weighted by Gasteiger charge is -2.18. The van der Waals surface area contributed by atoms with Crippen LogP contribution in [0.4, 0.5) is 0 Å². The van der Waals surface area contributed by atoms with E-state index in [-0.39, 0.29) is 23.6 Å². The number of methoxy groups -OCH3 is 1. The van der Waals surface area contributed by atoms with Gasteiger partial charge in [0.2, 0.25) is 5.76 Å². The molecular formula is C16H15ClN4O3. The van der Waals surface area contributed by atoms with E-state index >= 15 is 0 Å². The molecule has 2 heterocycles. The molecule has 8 heteroatoms. The summed E-state index contributed by atoms with van der Waals surface area (Å²) in [4.78, 5) is 12.2. The van der Waals surface area contributed by atoms with Crippen molar-refractivity contribution >= 4 is 17.5 Å². The van der Waals surface area contributed by atoms with Gasteiger partial charge in [0.15, 0.2) is 0 Å². The fourth-order valence-corrected chi connectivity index (χ4v) is 2.38. The van der Waals surface area contributed by atoms with Crippen molar-refractivity contribution in [3.63, 3.8) is 0 Å². The minimum Gasteiger partial charge on any atom is -0.479 e. The van der Waals surface area contributed by atoms with Crippen molar-refractivity contribution in [2.75, 3.05) is 13.7 Å². The molecule has 0 unspecified atom stereocenters. The minimum absolute atomic E-state index is 0.0853. The van der Waals surface area contributed by atoms with E-state index in [4.69, 9.17) is 20.9 Å². The van der Waals surface area contributed by atoms with Crippen molar-refractivity contribution in [1.29, 1.82) is 0 Å². The Balaban J connectivity index is 1.75. The molecule has 1 atom stereocenters. The first kappa shape index (κ1) is 16.1. The van der Waals surface area contributed by atoms with E-state index in [2.05, 4.69) is 15.6 Å². The lowest BCUT2D eigenvalue weighted by atomic mass is 10.1. The normalized spacial score (nSPS) is 11.9. The molecule has 0 aliphatic heterocycles. The molecule has 3 rings (SSSR count). The Morgan fingerprint density at radius 2 is 2.21 bits per heavy atom. The van der Waals surface area contributed by atoms with Crippen LogP contribution in [0.15, 0.2) is 53.3 Å².